The van der Waals surface area contributed by atoms with E-state index in [1.807, 2.05) is 23.1 Å². The van der Waals surface area contributed by atoms with Crippen LogP contribution in [0.25, 0.3) is 0 Å². The summed E-state index contributed by atoms with van der Waals surface area (Å²) in [7, 11) is 0. The van der Waals surface area contributed by atoms with Crippen LogP contribution in [0.5, 0.6) is 0 Å². The first-order valence-corrected chi connectivity index (χ1v) is 6.84. The van der Waals surface area contributed by atoms with Crippen molar-refractivity contribution in [3.8, 4) is 0 Å². The van der Waals surface area contributed by atoms with Gasteiger partial charge in [0.25, 0.3) is 0 Å². The molecule has 3 nitrogen and oxygen atoms in total. The average molecular weight is 246 g/mol. The number of carbonyl (C=O) groups is 1. The van der Waals surface area contributed by atoms with Crippen molar-refractivity contribution in [1.29, 1.82) is 0 Å². The zero-order valence-corrected chi connectivity index (χ0v) is 10.8. The van der Waals surface area contributed by atoms with Crippen molar-refractivity contribution in [3.05, 3.63) is 35.9 Å². The molecule has 1 saturated carbocycles. The van der Waals surface area contributed by atoms with E-state index < -0.39 is 0 Å². The number of rotatable bonds is 4. The summed E-state index contributed by atoms with van der Waals surface area (Å²) in [5.41, 5.74) is 6.73. The summed E-state index contributed by atoms with van der Waals surface area (Å²) in [5.74, 6) is 0.0748. The molecule has 0 aliphatic heterocycles. The van der Waals surface area contributed by atoms with Crippen molar-refractivity contribution >= 4 is 5.91 Å². The van der Waals surface area contributed by atoms with E-state index >= 15 is 0 Å². The van der Waals surface area contributed by atoms with E-state index in [0.717, 1.165) is 12.8 Å². The molecule has 1 aliphatic rings. The van der Waals surface area contributed by atoms with Gasteiger partial charge in [-0.15, -0.1) is 0 Å². The van der Waals surface area contributed by atoms with Crippen LogP contribution >= 0.6 is 0 Å². The molecule has 0 aromatic heterocycles. The van der Waals surface area contributed by atoms with Gasteiger partial charge in [0.15, 0.2) is 0 Å². The van der Waals surface area contributed by atoms with Crippen LogP contribution in [0.2, 0.25) is 0 Å². The van der Waals surface area contributed by atoms with Gasteiger partial charge in [0.1, 0.15) is 0 Å². The lowest BCUT2D eigenvalue weighted by atomic mass is 9.93. The molecule has 0 bridgehead atoms. The molecule has 2 rings (SSSR count). The largest absolute Gasteiger partial charge is 0.334 e. The molecule has 1 fully saturated rings. The Morgan fingerprint density at radius 3 is 2.44 bits per heavy atom. The smallest absolute Gasteiger partial charge is 0.236 e. The van der Waals surface area contributed by atoms with Crippen LogP contribution in [0.3, 0.4) is 0 Å². The standard InChI is InChI=1S/C15H22N2O/c16-11-15(18)17(14-9-5-2-6-10-14)12-13-7-3-1-4-8-13/h1,3-4,7-8,14H,2,5-6,9-12,16H2. The third-order valence-electron chi connectivity index (χ3n) is 3.71. The topological polar surface area (TPSA) is 46.3 Å². The summed E-state index contributed by atoms with van der Waals surface area (Å²) >= 11 is 0. The highest BCUT2D eigenvalue weighted by Crippen LogP contribution is 2.24. The Balaban J connectivity index is 2.07. The van der Waals surface area contributed by atoms with Crippen LogP contribution in [0.1, 0.15) is 37.7 Å². The van der Waals surface area contributed by atoms with Crippen molar-refractivity contribution in [3.63, 3.8) is 0 Å². The SMILES string of the molecule is NCC(=O)N(Cc1ccccc1)C1CCCCC1. The Bertz CT molecular complexity index is 371. The second kappa shape index (κ2) is 6.55. The summed E-state index contributed by atoms with van der Waals surface area (Å²) in [5, 5.41) is 0. The molecule has 0 radical (unpaired) electrons. The van der Waals surface area contributed by atoms with E-state index in [1.54, 1.807) is 0 Å². The summed E-state index contributed by atoms with van der Waals surface area (Å²) < 4.78 is 0. The minimum Gasteiger partial charge on any atom is -0.334 e. The van der Waals surface area contributed by atoms with Gasteiger partial charge in [-0.2, -0.15) is 0 Å². The third-order valence-corrected chi connectivity index (χ3v) is 3.71. The van der Waals surface area contributed by atoms with Crippen molar-refractivity contribution in [1.82, 2.24) is 4.90 Å². The van der Waals surface area contributed by atoms with Crippen molar-refractivity contribution in [2.75, 3.05) is 6.54 Å². The van der Waals surface area contributed by atoms with E-state index in [9.17, 15) is 4.79 Å². The molecule has 3 heteroatoms. The average Bonchev–Trinajstić information content (AvgIpc) is 2.46. The molecule has 2 N–H and O–H groups in total. The highest BCUT2D eigenvalue weighted by Gasteiger charge is 2.24. The van der Waals surface area contributed by atoms with Gasteiger partial charge in [-0.05, 0) is 18.4 Å². The second-order valence-electron chi connectivity index (χ2n) is 5.00. The van der Waals surface area contributed by atoms with Crippen LogP contribution in [0.4, 0.5) is 0 Å². The molecule has 0 unspecified atom stereocenters. The van der Waals surface area contributed by atoms with Crippen LogP contribution < -0.4 is 5.73 Å². The molecule has 0 heterocycles. The Morgan fingerprint density at radius 1 is 1.17 bits per heavy atom. The lowest BCUT2D eigenvalue weighted by molar-refractivity contribution is -0.133. The van der Waals surface area contributed by atoms with Crippen molar-refractivity contribution in [2.45, 2.75) is 44.7 Å². The summed E-state index contributed by atoms with van der Waals surface area (Å²) in [6.07, 6.45) is 6.01. The minimum atomic E-state index is 0.0748. The van der Waals surface area contributed by atoms with Crippen LogP contribution in [-0.2, 0) is 11.3 Å². The predicted molar refractivity (Wildman–Crippen MR) is 72.9 cm³/mol. The van der Waals surface area contributed by atoms with Crippen LogP contribution in [0.15, 0.2) is 30.3 Å². The highest BCUT2D eigenvalue weighted by molar-refractivity contribution is 5.78. The molecule has 0 spiro atoms. The van der Waals surface area contributed by atoms with E-state index in [-0.39, 0.29) is 12.5 Å². The van der Waals surface area contributed by atoms with E-state index in [0.29, 0.717) is 12.6 Å². The fraction of sp³-hybridized carbons (Fsp3) is 0.533. The summed E-state index contributed by atoms with van der Waals surface area (Å²) in [6, 6.07) is 10.6. The lowest BCUT2D eigenvalue weighted by Crippen LogP contribution is -2.43. The number of hydrogen-bond acceptors (Lipinski definition) is 2. The highest BCUT2D eigenvalue weighted by atomic mass is 16.2. The van der Waals surface area contributed by atoms with Gasteiger partial charge in [-0.1, -0.05) is 49.6 Å². The molecular weight excluding hydrogens is 224 g/mol. The Kier molecular flexibility index (Phi) is 4.76. The number of carbonyl (C=O) groups excluding carboxylic acids is 1. The van der Waals surface area contributed by atoms with Gasteiger partial charge in [0.05, 0.1) is 6.54 Å². The summed E-state index contributed by atoms with van der Waals surface area (Å²) in [6.45, 7) is 0.810. The Labute approximate surface area is 109 Å². The Hall–Kier alpha value is -1.35. The molecule has 1 aromatic rings. The maximum atomic E-state index is 12.0. The Morgan fingerprint density at radius 2 is 1.83 bits per heavy atom. The summed E-state index contributed by atoms with van der Waals surface area (Å²) in [4.78, 5) is 14.0. The number of nitrogens with two attached hydrogens (primary N) is 1. The van der Waals surface area contributed by atoms with Gasteiger partial charge >= 0.3 is 0 Å². The fourth-order valence-electron chi connectivity index (χ4n) is 2.71. The quantitative estimate of drug-likeness (QED) is 0.886. The molecule has 0 saturated heterocycles. The van der Waals surface area contributed by atoms with Crippen molar-refractivity contribution < 1.29 is 4.79 Å². The fourth-order valence-corrected chi connectivity index (χ4v) is 2.71. The number of nitrogens with zero attached hydrogens (tertiary/aromatic N) is 1. The normalized spacial score (nSPS) is 16.5. The molecular formula is C15H22N2O. The lowest BCUT2D eigenvalue weighted by Gasteiger charge is -2.34. The van der Waals surface area contributed by atoms with Crippen molar-refractivity contribution in [2.24, 2.45) is 5.73 Å². The minimum absolute atomic E-state index is 0.0748. The van der Waals surface area contributed by atoms with Gasteiger partial charge in [0.2, 0.25) is 5.91 Å². The molecule has 1 aromatic carbocycles. The van der Waals surface area contributed by atoms with Gasteiger partial charge in [-0.25, -0.2) is 0 Å². The molecule has 1 aliphatic carbocycles. The monoisotopic (exact) mass is 246 g/mol. The zero-order valence-electron chi connectivity index (χ0n) is 10.8. The first-order valence-electron chi connectivity index (χ1n) is 6.84. The second-order valence-corrected chi connectivity index (χ2v) is 5.00. The van der Waals surface area contributed by atoms with Crippen LogP contribution in [-0.4, -0.2) is 23.4 Å². The van der Waals surface area contributed by atoms with Gasteiger partial charge in [-0.3, -0.25) is 4.79 Å². The van der Waals surface area contributed by atoms with E-state index in [2.05, 4.69) is 12.1 Å². The first-order chi connectivity index (χ1) is 8.81. The molecule has 18 heavy (non-hydrogen) atoms. The van der Waals surface area contributed by atoms with Crippen LogP contribution in [0, 0.1) is 0 Å². The number of hydrogen-bond donors (Lipinski definition) is 1. The first kappa shape index (κ1) is 13.1. The predicted octanol–water partition coefficient (Wildman–Crippen LogP) is 2.31. The zero-order chi connectivity index (χ0) is 12.8. The van der Waals surface area contributed by atoms with Gasteiger partial charge < -0.3 is 10.6 Å². The molecule has 98 valence electrons. The number of amides is 1. The molecule has 1 amide bonds. The number of benzene rings is 1. The van der Waals surface area contributed by atoms with Gasteiger partial charge in [0, 0.05) is 12.6 Å². The van der Waals surface area contributed by atoms with E-state index in [4.69, 9.17) is 5.73 Å². The van der Waals surface area contributed by atoms with E-state index in [1.165, 1.54) is 24.8 Å². The maximum absolute atomic E-state index is 12.0. The molecule has 0 atom stereocenters. The maximum Gasteiger partial charge on any atom is 0.236 e. The third kappa shape index (κ3) is 3.33.